The third-order valence-corrected chi connectivity index (χ3v) is 3.47. The van der Waals surface area contributed by atoms with Crippen LogP contribution < -0.4 is 10.2 Å². The van der Waals surface area contributed by atoms with E-state index in [1.54, 1.807) is 45.2 Å². The fraction of sp³-hybridized carbons (Fsp3) is 0.444. The van der Waals surface area contributed by atoms with Gasteiger partial charge in [-0.1, -0.05) is 0 Å². The molecule has 0 atom stereocenters. The number of nitrogens with zero attached hydrogens (tertiary/aromatic N) is 1. The highest BCUT2D eigenvalue weighted by Crippen LogP contribution is 2.13. The summed E-state index contributed by atoms with van der Waals surface area (Å²) in [6, 6.07) is 5.61. The molecule has 0 unspecified atom stereocenters. The molecule has 0 saturated carbocycles. The van der Waals surface area contributed by atoms with Crippen LogP contribution in [0.25, 0.3) is 0 Å². The number of anilines is 1. The number of amides is 2. The van der Waals surface area contributed by atoms with Gasteiger partial charge in [0.2, 0.25) is 6.41 Å². The molecule has 0 heterocycles. The lowest BCUT2D eigenvalue weighted by molar-refractivity contribution is -0.145. The summed E-state index contributed by atoms with van der Waals surface area (Å²) in [5.74, 6) is -1.46. The zero-order chi connectivity index (χ0) is 19.5. The molecule has 1 aromatic carbocycles. The fourth-order valence-corrected chi connectivity index (χ4v) is 2.19. The van der Waals surface area contributed by atoms with E-state index >= 15 is 0 Å². The minimum absolute atomic E-state index is 0.135. The fourth-order valence-electron chi connectivity index (χ4n) is 2.19. The Labute approximate surface area is 152 Å². The molecule has 0 saturated heterocycles. The van der Waals surface area contributed by atoms with Crippen LogP contribution in [0.3, 0.4) is 0 Å². The minimum atomic E-state index is -0.738. The number of benzene rings is 1. The molecular formula is C18H24N2O6. The van der Waals surface area contributed by atoms with E-state index in [4.69, 9.17) is 9.47 Å². The lowest BCUT2D eigenvalue weighted by Crippen LogP contribution is -2.38. The summed E-state index contributed by atoms with van der Waals surface area (Å²) in [6.07, 6.45) is 0.387. The standard InChI is InChI=1S/C18H24N2O6/c1-4-25-16(22)10-14(11-17(23)26-5-2)19-18(24)13-6-8-15(9-7-13)20(3)12-21/h6-9,12,14H,4-5,10-11H2,1-3H3,(H,19,24). The van der Waals surface area contributed by atoms with Crippen molar-refractivity contribution in [3.8, 4) is 0 Å². The van der Waals surface area contributed by atoms with Crippen molar-refractivity contribution in [1.29, 1.82) is 0 Å². The lowest BCUT2D eigenvalue weighted by Gasteiger charge is -2.18. The number of ether oxygens (including phenoxy) is 2. The number of hydrogen-bond donors (Lipinski definition) is 1. The van der Waals surface area contributed by atoms with Crippen LogP contribution in [-0.4, -0.2) is 50.6 Å². The van der Waals surface area contributed by atoms with Crippen LogP contribution >= 0.6 is 0 Å². The predicted molar refractivity (Wildman–Crippen MR) is 94.7 cm³/mol. The molecule has 0 aliphatic heterocycles. The van der Waals surface area contributed by atoms with E-state index < -0.39 is 23.9 Å². The number of hydrogen-bond acceptors (Lipinski definition) is 6. The van der Waals surface area contributed by atoms with E-state index in [1.165, 1.54) is 4.90 Å². The van der Waals surface area contributed by atoms with Gasteiger partial charge in [0, 0.05) is 18.3 Å². The molecule has 1 rings (SSSR count). The van der Waals surface area contributed by atoms with Crippen molar-refractivity contribution < 1.29 is 28.7 Å². The Kier molecular flexibility index (Phi) is 8.83. The van der Waals surface area contributed by atoms with E-state index in [0.717, 1.165) is 0 Å². The first-order valence-electron chi connectivity index (χ1n) is 8.31. The monoisotopic (exact) mass is 364 g/mol. The third-order valence-electron chi connectivity index (χ3n) is 3.47. The summed E-state index contributed by atoms with van der Waals surface area (Å²) in [5, 5.41) is 2.65. The molecule has 26 heavy (non-hydrogen) atoms. The minimum Gasteiger partial charge on any atom is -0.466 e. The van der Waals surface area contributed by atoms with Gasteiger partial charge in [0.15, 0.2) is 0 Å². The second kappa shape index (κ2) is 10.9. The van der Waals surface area contributed by atoms with E-state index in [-0.39, 0.29) is 26.1 Å². The Bertz CT molecular complexity index is 609. The van der Waals surface area contributed by atoms with E-state index in [9.17, 15) is 19.2 Å². The second-order valence-electron chi connectivity index (χ2n) is 5.45. The summed E-state index contributed by atoms with van der Waals surface area (Å²) in [7, 11) is 1.59. The lowest BCUT2D eigenvalue weighted by atomic mass is 10.1. The number of rotatable bonds is 10. The van der Waals surface area contributed by atoms with Gasteiger partial charge in [0.05, 0.1) is 32.1 Å². The van der Waals surface area contributed by atoms with Crippen LogP contribution in [0.15, 0.2) is 24.3 Å². The van der Waals surface area contributed by atoms with Crippen molar-refractivity contribution in [3.63, 3.8) is 0 Å². The molecule has 0 fully saturated rings. The maximum absolute atomic E-state index is 12.4. The zero-order valence-electron chi connectivity index (χ0n) is 15.2. The van der Waals surface area contributed by atoms with E-state index in [0.29, 0.717) is 17.7 Å². The first-order valence-corrected chi connectivity index (χ1v) is 8.31. The van der Waals surface area contributed by atoms with Crippen LogP contribution in [0.4, 0.5) is 5.69 Å². The number of nitrogens with one attached hydrogen (secondary N) is 1. The van der Waals surface area contributed by atoms with Crippen LogP contribution in [-0.2, 0) is 23.9 Å². The zero-order valence-corrected chi connectivity index (χ0v) is 15.2. The summed E-state index contributed by atoms with van der Waals surface area (Å²) in [4.78, 5) is 47.9. The smallest absolute Gasteiger partial charge is 0.307 e. The van der Waals surface area contributed by atoms with Crippen LogP contribution in [0.2, 0.25) is 0 Å². The molecule has 0 spiro atoms. The van der Waals surface area contributed by atoms with Crippen molar-refractivity contribution in [2.24, 2.45) is 0 Å². The molecule has 0 aromatic heterocycles. The average Bonchev–Trinajstić information content (AvgIpc) is 2.61. The molecule has 1 N–H and O–H groups in total. The van der Waals surface area contributed by atoms with Crippen molar-refractivity contribution in [3.05, 3.63) is 29.8 Å². The van der Waals surface area contributed by atoms with Gasteiger partial charge in [-0.25, -0.2) is 0 Å². The Morgan fingerprint density at radius 2 is 1.54 bits per heavy atom. The first kappa shape index (κ1) is 21.1. The van der Waals surface area contributed by atoms with Crippen LogP contribution in [0, 0.1) is 0 Å². The molecule has 0 bridgehead atoms. The maximum Gasteiger partial charge on any atom is 0.307 e. The molecule has 2 amide bonds. The molecular weight excluding hydrogens is 340 g/mol. The molecule has 142 valence electrons. The molecule has 1 aromatic rings. The second-order valence-corrected chi connectivity index (χ2v) is 5.45. The van der Waals surface area contributed by atoms with Gasteiger partial charge in [-0.05, 0) is 38.1 Å². The average molecular weight is 364 g/mol. The van der Waals surface area contributed by atoms with Crippen LogP contribution in [0.1, 0.15) is 37.0 Å². The van der Waals surface area contributed by atoms with Crippen molar-refractivity contribution in [1.82, 2.24) is 5.32 Å². The highest BCUT2D eigenvalue weighted by Gasteiger charge is 2.22. The summed E-state index contributed by atoms with van der Waals surface area (Å²) in [5.41, 5.74) is 0.969. The third kappa shape index (κ3) is 6.92. The molecule has 0 aliphatic rings. The predicted octanol–water partition coefficient (Wildman–Crippen LogP) is 1.28. The number of carbonyl (C=O) groups is 4. The number of esters is 2. The largest absolute Gasteiger partial charge is 0.466 e. The van der Waals surface area contributed by atoms with Crippen molar-refractivity contribution in [2.75, 3.05) is 25.2 Å². The van der Waals surface area contributed by atoms with E-state index in [2.05, 4.69) is 5.32 Å². The van der Waals surface area contributed by atoms with Gasteiger partial charge in [-0.2, -0.15) is 0 Å². The first-order chi connectivity index (χ1) is 12.4. The van der Waals surface area contributed by atoms with Crippen molar-refractivity contribution in [2.45, 2.75) is 32.7 Å². The number of carbonyl (C=O) groups excluding carboxylic acids is 4. The molecule has 0 radical (unpaired) electrons. The van der Waals surface area contributed by atoms with E-state index in [1.807, 2.05) is 0 Å². The molecule has 8 heteroatoms. The van der Waals surface area contributed by atoms with Gasteiger partial charge < -0.3 is 19.7 Å². The Morgan fingerprint density at radius 1 is 1.04 bits per heavy atom. The van der Waals surface area contributed by atoms with Gasteiger partial charge in [0.25, 0.3) is 5.91 Å². The topological polar surface area (TPSA) is 102 Å². The maximum atomic E-state index is 12.4. The summed E-state index contributed by atoms with van der Waals surface area (Å²) in [6.45, 7) is 3.78. The van der Waals surface area contributed by atoms with Crippen LogP contribution in [0.5, 0.6) is 0 Å². The van der Waals surface area contributed by atoms with Gasteiger partial charge in [0.1, 0.15) is 0 Å². The highest BCUT2D eigenvalue weighted by molar-refractivity contribution is 5.95. The Morgan fingerprint density at radius 3 is 1.96 bits per heavy atom. The quantitative estimate of drug-likeness (QED) is 0.496. The molecule has 0 aliphatic carbocycles. The Hall–Kier alpha value is -2.90. The van der Waals surface area contributed by atoms with Gasteiger partial charge in [-0.15, -0.1) is 0 Å². The Balaban J connectivity index is 2.80. The summed E-state index contributed by atoms with van der Waals surface area (Å²) >= 11 is 0. The normalized spacial score (nSPS) is 10.2. The molecule has 8 nitrogen and oxygen atoms in total. The van der Waals surface area contributed by atoms with Crippen molar-refractivity contribution >= 4 is 29.9 Å². The SMILES string of the molecule is CCOC(=O)CC(CC(=O)OCC)NC(=O)c1ccc(N(C)C=O)cc1. The summed E-state index contributed by atoms with van der Waals surface area (Å²) < 4.78 is 9.75. The van der Waals surface area contributed by atoms with Gasteiger partial charge >= 0.3 is 11.9 Å². The van der Waals surface area contributed by atoms with Gasteiger partial charge in [-0.3, -0.25) is 19.2 Å². The highest BCUT2D eigenvalue weighted by atomic mass is 16.5.